The van der Waals surface area contributed by atoms with Gasteiger partial charge in [0.1, 0.15) is 0 Å². The average molecular weight is 349 g/mol. The van der Waals surface area contributed by atoms with Crippen molar-refractivity contribution in [1.82, 2.24) is 24.9 Å². The minimum Gasteiger partial charge on any atom is -0.338 e. The van der Waals surface area contributed by atoms with Gasteiger partial charge in [0.25, 0.3) is 5.91 Å². The first-order valence-electron chi connectivity index (χ1n) is 9.05. The number of benzene rings is 1. The predicted octanol–water partition coefficient (Wildman–Crippen LogP) is 2.98. The molecule has 1 amide bonds. The molecule has 1 unspecified atom stereocenters. The van der Waals surface area contributed by atoms with Crippen LogP contribution in [0.1, 0.15) is 45.9 Å². The number of carbonyl (C=O) groups excluding carboxylic acids is 1. The third-order valence-corrected chi connectivity index (χ3v) is 4.98. The number of hydrogen-bond donors (Lipinski definition) is 1. The highest BCUT2D eigenvalue weighted by molar-refractivity contribution is 5.94. The number of nitrogens with one attached hydrogen (secondary N) is 1. The van der Waals surface area contributed by atoms with Crippen molar-refractivity contribution < 1.29 is 4.79 Å². The Kier molecular flexibility index (Phi) is 4.56. The number of H-pyrrole nitrogens is 1. The monoisotopic (exact) mass is 349 g/mol. The zero-order valence-electron chi connectivity index (χ0n) is 14.9. The number of aromatic nitrogens is 4. The Morgan fingerprint density at radius 3 is 2.81 bits per heavy atom. The van der Waals surface area contributed by atoms with E-state index in [4.69, 9.17) is 0 Å². The van der Waals surface area contributed by atoms with E-state index < -0.39 is 0 Å². The fourth-order valence-corrected chi connectivity index (χ4v) is 3.59. The maximum atomic E-state index is 12.9. The third-order valence-electron chi connectivity index (χ3n) is 4.98. The molecule has 1 saturated heterocycles. The Morgan fingerprint density at radius 1 is 1.27 bits per heavy atom. The molecular weight excluding hydrogens is 326 g/mol. The van der Waals surface area contributed by atoms with Gasteiger partial charge < -0.3 is 4.90 Å². The van der Waals surface area contributed by atoms with Crippen molar-refractivity contribution in [3.8, 4) is 0 Å². The molecule has 0 radical (unpaired) electrons. The molecule has 0 bridgehead atoms. The summed E-state index contributed by atoms with van der Waals surface area (Å²) in [5, 5.41) is 11.4. The van der Waals surface area contributed by atoms with Gasteiger partial charge in [0.15, 0.2) is 0 Å². The molecule has 6 heteroatoms. The van der Waals surface area contributed by atoms with Gasteiger partial charge in [-0.2, -0.15) is 10.2 Å². The second kappa shape index (κ2) is 7.15. The number of amides is 1. The fraction of sp³-hybridized carbons (Fsp3) is 0.350. The molecule has 2 aromatic heterocycles. The molecule has 1 atom stereocenters. The Balaban J connectivity index is 1.42. The van der Waals surface area contributed by atoms with Crippen LogP contribution in [0.5, 0.6) is 0 Å². The van der Waals surface area contributed by atoms with Crippen LogP contribution in [0, 0.1) is 6.92 Å². The molecule has 3 aromatic rings. The van der Waals surface area contributed by atoms with E-state index in [-0.39, 0.29) is 5.91 Å². The molecule has 1 fully saturated rings. The second-order valence-electron chi connectivity index (χ2n) is 7.01. The van der Waals surface area contributed by atoms with Crippen molar-refractivity contribution >= 4 is 5.91 Å². The van der Waals surface area contributed by atoms with Crippen LogP contribution in [-0.4, -0.2) is 43.9 Å². The number of nitrogens with zero attached hydrogens (tertiary/aromatic N) is 4. The van der Waals surface area contributed by atoms with Gasteiger partial charge in [-0.3, -0.25) is 14.6 Å². The number of likely N-dealkylation sites (tertiary alicyclic amines) is 1. The summed E-state index contributed by atoms with van der Waals surface area (Å²) in [5.74, 6) is 0.452. The normalized spacial score (nSPS) is 17.4. The van der Waals surface area contributed by atoms with E-state index in [9.17, 15) is 4.79 Å². The number of piperidine rings is 1. The van der Waals surface area contributed by atoms with Crippen LogP contribution < -0.4 is 0 Å². The van der Waals surface area contributed by atoms with E-state index in [1.54, 1.807) is 6.20 Å². The first-order chi connectivity index (χ1) is 12.7. The van der Waals surface area contributed by atoms with Crippen LogP contribution in [0.2, 0.25) is 0 Å². The number of rotatable bonds is 4. The molecule has 1 aromatic carbocycles. The predicted molar refractivity (Wildman–Crippen MR) is 99.0 cm³/mol. The molecule has 134 valence electrons. The standard InChI is InChI=1S/C20H23N5O/c1-15-11-22-25(12-15)13-16-4-6-17(7-5-16)20(26)24-10-2-3-18(14-24)19-8-9-21-23-19/h4-9,11-12,18H,2-3,10,13-14H2,1H3,(H,21,23). The van der Waals surface area contributed by atoms with Gasteiger partial charge in [-0.1, -0.05) is 12.1 Å². The van der Waals surface area contributed by atoms with E-state index >= 15 is 0 Å². The first kappa shape index (κ1) is 16.6. The zero-order valence-corrected chi connectivity index (χ0v) is 14.9. The van der Waals surface area contributed by atoms with Crippen molar-refractivity contribution in [3.63, 3.8) is 0 Å². The summed E-state index contributed by atoms with van der Waals surface area (Å²) in [7, 11) is 0. The van der Waals surface area contributed by atoms with E-state index in [1.165, 1.54) is 0 Å². The minimum atomic E-state index is 0.107. The van der Waals surface area contributed by atoms with E-state index in [0.717, 1.165) is 48.3 Å². The average Bonchev–Trinajstić information content (AvgIpc) is 3.34. The van der Waals surface area contributed by atoms with Crippen LogP contribution >= 0.6 is 0 Å². The minimum absolute atomic E-state index is 0.107. The lowest BCUT2D eigenvalue weighted by atomic mass is 9.94. The molecule has 26 heavy (non-hydrogen) atoms. The molecule has 0 aliphatic carbocycles. The molecule has 1 aliphatic heterocycles. The lowest BCUT2D eigenvalue weighted by Gasteiger charge is -2.32. The molecular formula is C20H23N5O. The smallest absolute Gasteiger partial charge is 0.253 e. The summed E-state index contributed by atoms with van der Waals surface area (Å²) in [6.45, 7) is 4.31. The van der Waals surface area contributed by atoms with Gasteiger partial charge in [0.05, 0.1) is 12.7 Å². The molecule has 1 aliphatic rings. The number of hydrogen-bond acceptors (Lipinski definition) is 3. The number of aryl methyl sites for hydroxylation is 1. The summed E-state index contributed by atoms with van der Waals surface area (Å²) in [5.41, 5.74) is 4.15. The molecule has 6 nitrogen and oxygen atoms in total. The Morgan fingerprint density at radius 2 is 2.12 bits per heavy atom. The van der Waals surface area contributed by atoms with Crippen LogP contribution in [0.3, 0.4) is 0 Å². The van der Waals surface area contributed by atoms with E-state index in [1.807, 2.05) is 59.2 Å². The summed E-state index contributed by atoms with van der Waals surface area (Å²) < 4.78 is 1.91. The Labute approximate surface area is 152 Å². The van der Waals surface area contributed by atoms with Crippen molar-refractivity contribution in [1.29, 1.82) is 0 Å². The number of carbonyl (C=O) groups is 1. The first-order valence-corrected chi connectivity index (χ1v) is 9.05. The highest BCUT2D eigenvalue weighted by Gasteiger charge is 2.26. The third kappa shape index (κ3) is 3.54. The molecule has 0 saturated carbocycles. The van der Waals surface area contributed by atoms with E-state index in [0.29, 0.717) is 12.5 Å². The van der Waals surface area contributed by atoms with Gasteiger partial charge in [0, 0.05) is 42.7 Å². The van der Waals surface area contributed by atoms with Crippen molar-refractivity contribution in [2.24, 2.45) is 0 Å². The highest BCUT2D eigenvalue weighted by atomic mass is 16.2. The maximum absolute atomic E-state index is 12.9. The van der Waals surface area contributed by atoms with Crippen LogP contribution in [0.25, 0.3) is 0 Å². The molecule has 0 spiro atoms. The van der Waals surface area contributed by atoms with Gasteiger partial charge in [-0.05, 0) is 49.1 Å². The summed E-state index contributed by atoms with van der Waals surface area (Å²) >= 11 is 0. The summed E-state index contributed by atoms with van der Waals surface area (Å²) in [4.78, 5) is 14.8. The maximum Gasteiger partial charge on any atom is 0.253 e. The summed E-state index contributed by atoms with van der Waals surface area (Å²) in [6.07, 6.45) is 7.75. The fourth-order valence-electron chi connectivity index (χ4n) is 3.59. The highest BCUT2D eigenvalue weighted by Crippen LogP contribution is 2.26. The van der Waals surface area contributed by atoms with Gasteiger partial charge in [0.2, 0.25) is 0 Å². The lowest BCUT2D eigenvalue weighted by molar-refractivity contribution is 0.0706. The van der Waals surface area contributed by atoms with Crippen LogP contribution in [-0.2, 0) is 6.54 Å². The quantitative estimate of drug-likeness (QED) is 0.787. The topological polar surface area (TPSA) is 66.8 Å². The SMILES string of the molecule is Cc1cnn(Cc2ccc(C(=O)N3CCCC(c4ccn[nH]4)C3)cc2)c1. The van der Waals surface area contributed by atoms with E-state index in [2.05, 4.69) is 15.3 Å². The van der Waals surface area contributed by atoms with Gasteiger partial charge in [-0.15, -0.1) is 0 Å². The Bertz CT molecular complexity index is 866. The van der Waals surface area contributed by atoms with Crippen LogP contribution in [0.15, 0.2) is 48.9 Å². The van der Waals surface area contributed by atoms with Crippen molar-refractivity contribution in [2.45, 2.75) is 32.2 Å². The molecule has 3 heterocycles. The van der Waals surface area contributed by atoms with Gasteiger partial charge in [-0.25, -0.2) is 0 Å². The van der Waals surface area contributed by atoms with Crippen molar-refractivity contribution in [2.75, 3.05) is 13.1 Å². The second-order valence-corrected chi connectivity index (χ2v) is 7.01. The zero-order chi connectivity index (χ0) is 17.9. The lowest BCUT2D eigenvalue weighted by Crippen LogP contribution is -2.39. The number of aromatic amines is 1. The van der Waals surface area contributed by atoms with Crippen molar-refractivity contribution in [3.05, 3.63) is 71.3 Å². The van der Waals surface area contributed by atoms with Gasteiger partial charge >= 0.3 is 0 Å². The van der Waals surface area contributed by atoms with Crippen LogP contribution in [0.4, 0.5) is 0 Å². The largest absolute Gasteiger partial charge is 0.338 e. The Hall–Kier alpha value is -2.89. The molecule has 1 N–H and O–H groups in total. The molecule has 4 rings (SSSR count). The summed E-state index contributed by atoms with van der Waals surface area (Å²) in [6, 6.07) is 9.88.